The molecule has 1 heteroatoms. The lowest BCUT2D eigenvalue weighted by Crippen LogP contribution is -1.81. The molecule has 0 nitrogen and oxygen atoms in total. The van der Waals surface area contributed by atoms with Crippen LogP contribution in [-0.4, -0.2) is 0 Å². The maximum Gasteiger partial charge on any atom is 0.0440 e. The SMILES string of the molecule is C.CC.CC.CCc1ccc(C)cc1Cl. The Labute approximate surface area is 102 Å². The first-order chi connectivity index (χ1) is 6.74. The Morgan fingerprint density at radius 3 is 1.87 bits per heavy atom. The number of hydrogen-bond acceptors (Lipinski definition) is 0. The average molecular weight is 231 g/mol. The summed E-state index contributed by atoms with van der Waals surface area (Å²) < 4.78 is 0. The van der Waals surface area contributed by atoms with Gasteiger partial charge in [-0.1, -0.05) is 65.8 Å². The van der Waals surface area contributed by atoms with E-state index in [9.17, 15) is 0 Å². The minimum atomic E-state index is 0. The molecule has 0 atom stereocenters. The molecular weight excluding hydrogens is 204 g/mol. The van der Waals surface area contributed by atoms with E-state index in [4.69, 9.17) is 11.6 Å². The van der Waals surface area contributed by atoms with Gasteiger partial charge in [0.25, 0.3) is 0 Å². The van der Waals surface area contributed by atoms with Gasteiger partial charge < -0.3 is 0 Å². The number of aryl methyl sites for hydroxylation is 2. The van der Waals surface area contributed by atoms with E-state index in [0.717, 1.165) is 11.4 Å². The fourth-order valence-electron chi connectivity index (χ4n) is 0.939. The van der Waals surface area contributed by atoms with Crippen molar-refractivity contribution in [3.05, 3.63) is 34.3 Å². The van der Waals surface area contributed by atoms with E-state index in [-0.39, 0.29) is 7.43 Å². The van der Waals surface area contributed by atoms with E-state index in [1.807, 2.05) is 40.7 Å². The van der Waals surface area contributed by atoms with Crippen LogP contribution in [0.15, 0.2) is 18.2 Å². The third kappa shape index (κ3) is 8.50. The third-order valence-corrected chi connectivity index (χ3v) is 1.94. The Hall–Kier alpha value is -0.490. The topological polar surface area (TPSA) is 0 Å². The predicted molar refractivity (Wildman–Crippen MR) is 75.0 cm³/mol. The van der Waals surface area contributed by atoms with Crippen LogP contribution in [0.2, 0.25) is 5.02 Å². The molecule has 0 fully saturated rings. The van der Waals surface area contributed by atoms with Crippen molar-refractivity contribution in [3.8, 4) is 0 Å². The van der Waals surface area contributed by atoms with Crippen molar-refractivity contribution in [3.63, 3.8) is 0 Å². The molecule has 90 valence electrons. The van der Waals surface area contributed by atoms with E-state index in [2.05, 4.69) is 19.1 Å². The van der Waals surface area contributed by atoms with Crippen molar-refractivity contribution < 1.29 is 0 Å². The molecule has 0 saturated carbocycles. The van der Waals surface area contributed by atoms with Crippen LogP contribution >= 0.6 is 11.6 Å². The highest BCUT2D eigenvalue weighted by atomic mass is 35.5. The highest BCUT2D eigenvalue weighted by Crippen LogP contribution is 2.17. The molecule has 1 aromatic carbocycles. The van der Waals surface area contributed by atoms with E-state index >= 15 is 0 Å². The van der Waals surface area contributed by atoms with E-state index in [0.29, 0.717) is 0 Å². The summed E-state index contributed by atoms with van der Waals surface area (Å²) in [6, 6.07) is 6.17. The van der Waals surface area contributed by atoms with Crippen molar-refractivity contribution in [1.29, 1.82) is 0 Å². The summed E-state index contributed by atoms with van der Waals surface area (Å²) >= 11 is 5.93. The Morgan fingerprint density at radius 1 is 1.07 bits per heavy atom. The second-order valence-electron chi connectivity index (χ2n) is 2.45. The summed E-state index contributed by atoms with van der Waals surface area (Å²) in [7, 11) is 0. The molecule has 0 saturated heterocycles. The highest BCUT2D eigenvalue weighted by Gasteiger charge is 1.95. The normalized spacial score (nSPS) is 7.40. The van der Waals surface area contributed by atoms with Crippen LogP contribution in [0.25, 0.3) is 0 Å². The Balaban J connectivity index is -0.000000258. The molecule has 0 radical (unpaired) electrons. The summed E-state index contributed by atoms with van der Waals surface area (Å²) in [6.07, 6.45) is 1.01. The summed E-state index contributed by atoms with van der Waals surface area (Å²) in [4.78, 5) is 0. The maximum atomic E-state index is 5.93. The Kier molecular flexibility index (Phi) is 18.0. The van der Waals surface area contributed by atoms with Crippen LogP contribution in [0.4, 0.5) is 0 Å². The molecule has 0 unspecified atom stereocenters. The van der Waals surface area contributed by atoms with Gasteiger partial charge in [-0.3, -0.25) is 0 Å². The molecule has 0 aromatic heterocycles. The fourth-order valence-corrected chi connectivity index (χ4v) is 1.31. The van der Waals surface area contributed by atoms with Crippen LogP contribution in [0.5, 0.6) is 0 Å². The van der Waals surface area contributed by atoms with E-state index < -0.39 is 0 Å². The van der Waals surface area contributed by atoms with Crippen molar-refractivity contribution in [2.75, 3.05) is 0 Å². The molecule has 1 rings (SSSR count). The zero-order valence-electron chi connectivity index (χ0n) is 10.3. The van der Waals surface area contributed by atoms with Gasteiger partial charge >= 0.3 is 0 Å². The van der Waals surface area contributed by atoms with Gasteiger partial charge in [0.2, 0.25) is 0 Å². The average Bonchev–Trinajstić information content (AvgIpc) is 2.24. The molecule has 0 heterocycles. The van der Waals surface area contributed by atoms with Crippen LogP contribution in [0.3, 0.4) is 0 Å². The Bertz CT molecular complexity index is 229. The smallest absolute Gasteiger partial charge is 0.0440 e. The van der Waals surface area contributed by atoms with Gasteiger partial charge in [0, 0.05) is 5.02 Å². The van der Waals surface area contributed by atoms with Crippen LogP contribution in [-0.2, 0) is 6.42 Å². The zero-order chi connectivity index (χ0) is 11.6. The molecule has 0 aliphatic carbocycles. The maximum absolute atomic E-state index is 5.93. The zero-order valence-corrected chi connectivity index (χ0v) is 11.1. The van der Waals surface area contributed by atoms with E-state index in [1.165, 1.54) is 11.1 Å². The second kappa shape index (κ2) is 13.5. The summed E-state index contributed by atoms with van der Waals surface area (Å²) in [5.41, 5.74) is 2.45. The number of rotatable bonds is 1. The first kappa shape index (κ1) is 20.0. The van der Waals surface area contributed by atoms with Crippen molar-refractivity contribution in [2.24, 2.45) is 0 Å². The molecular formula is C14H27Cl. The monoisotopic (exact) mass is 230 g/mol. The lowest BCUT2D eigenvalue weighted by atomic mass is 10.1. The van der Waals surface area contributed by atoms with Crippen LogP contribution < -0.4 is 0 Å². The minimum absolute atomic E-state index is 0. The molecule has 1 aromatic rings. The van der Waals surface area contributed by atoms with E-state index in [1.54, 1.807) is 0 Å². The van der Waals surface area contributed by atoms with Gasteiger partial charge in [-0.25, -0.2) is 0 Å². The molecule has 0 amide bonds. The van der Waals surface area contributed by atoms with Crippen molar-refractivity contribution >= 4 is 11.6 Å². The fraction of sp³-hybridized carbons (Fsp3) is 0.571. The van der Waals surface area contributed by atoms with Gasteiger partial charge in [-0.05, 0) is 30.5 Å². The summed E-state index contributed by atoms with van der Waals surface area (Å²) in [5, 5.41) is 0.891. The molecule has 0 aliphatic rings. The lowest BCUT2D eigenvalue weighted by Gasteiger charge is -2.00. The molecule has 0 spiro atoms. The molecule has 15 heavy (non-hydrogen) atoms. The summed E-state index contributed by atoms with van der Waals surface area (Å²) in [6.45, 7) is 12.2. The quantitative estimate of drug-likeness (QED) is 0.564. The largest absolute Gasteiger partial charge is 0.0840 e. The molecule has 0 aliphatic heterocycles. The van der Waals surface area contributed by atoms with Gasteiger partial charge in [0.05, 0.1) is 0 Å². The third-order valence-electron chi connectivity index (χ3n) is 1.59. The highest BCUT2D eigenvalue weighted by molar-refractivity contribution is 6.31. The van der Waals surface area contributed by atoms with Gasteiger partial charge in [-0.2, -0.15) is 0 Å². The first-order valence-electron chi connectivity index (χ1n) is 5.49. The lowest BCUT2D eigenvalue weighted by molar-refractivity contribution is 1.14. The number of halogens is 1. The molecule has 0 N–H and O–H groups in total. The second-order valence-corrected chi connectivity index (χ2v) is 2.86. The number of hydrogen-bond donors (Lipinski definition) is 0. The molecule has 0 bridgehead atoms. The van der Waals surface area contributed by atoms with Crippen molar-refractivity contribution in [2.45, 2.75) is 55.4 Å². The standard InChI is InChI=1S/C9H11Cl.2C2H6.CH4/c1-3-8-5-4-7(2)6-9(8)10;2*1-2;/h4-6H,3H2,1-2H3;2*1-2H3;1H4. The summed E-state index contributed by atoms with van der Waals surface area (Å²) in [5.74, 6) is 0. The van der Waals surface area contributed by atoms with Crippen LogP contribution in [0, 0.1) is 6.92 Å². The van der Waals surface area contributed by atoms with Gasteiger partial charge in [0.1, 0.15) is 0 Å². The van der Waals surface area contributed by atoms with Gasteiger partial charge in [-0.15, -0.1) is 0 Å². The first-order valence-corrected chi connectivity index (χ1v) is 5.87. The van der Waals surface area contributed by atoms with Crippen molar-refractivity contribution in [1.82, 2.24) is 0 Å². The number of benzene rings is 1. The predicted octanol–water partition coefficient (Wildman–Crippen LogP) is 5.90. The van der Waals surface area contributed by atoms with Crippen LogP contribution in [0.1, 0.15) is 53.2 Å². The van der Waals surface area contributed by atoms with Gasteiger partial charge in [0.15, 0.2) is 0 Å². The Morgan fingerprint density at radius 2 is 1.53 bits per heavy atom. The minimum Gasteiger partial charge on any atom is -0.0840 e.